The van der Waals surface area contributed by atoms with Gasteiger partial charge in [-0.3, -0.25) is 4.79 Å². The molecule has 0 atom stereocenters. The maximum atomic E-state index is 11.8. The van der Waals surface area contributed by atoms with E-state index in [0.717, 1.165) is 11.8 Å². The van der Waals surface area contributed by atoms with Gasteiger partial charge in [-0.2, -0.15) is 13.2 Å². The lowest BCUT2D eigenvalue weighted by Crippen LogP contribution is -2.19. The molecule has 0 fully saturated rings. The first-order valence-electron chi connectivity index (χ1n) is 4.00. The third-order valence-corrected chi connectivity index (χ3v) is 1.99. The van der Waals surface area contributed by atoms with Crippen molar-refractivity contribution in [1.29, 1.82) is 0 Å². The second-order valence-corrected chi connectivity index (χ2v) is 3.73. The molecule has 88 valence electrons. The molecule has 4 nitrogen and oxygen atoms in total. The van der Waals surface area contributed by atoms with Crippen LogP contribution in [-0.2, 0) is 0 Å². The number of hydrogen-bond donors (Lipinski definition) is 1. The number of nitrogens with two attached hydrogens (primary N) is 1. The van der Waals surface area contributed by atoms with Crippen LogP contribution in [0.5, 0.6) is 5.88 Å². The van der Waals surface area contributed by atoms with Gasteiger partial charge in [-0.1, -0.05) is 0 Å². The first-order valence-corrected chi connectivity index (χ1v) is 4.81. The number of ether oxygens (including phenoxy) is 1. The van der Waals surface area contributed by atoms with Crippen molar-refractivity contribution in [3.8, 4) is 5.88 Å². The van der Waals surface area contributed by atoms with Crippen LogP contribution >= 0.6 is 11.8 Å². The van der Waals surface area contributed by atoms with Crippen LogP contribution in [0.3, 0.4) is 0 Å². The standard InChI is InChI=1S/C8H7F3N2O2S/c9-8(10,11)4-15-6-2-1-5(3-13-6)16-7(12)14/h1-3H,4H2,(H2,12,14). The smallest absolute Gasteiger partial charge is 0.422 e. The Kier molecular flexibility index (Phi) is 3.99. The van der Waals surface area contributed by atoms with Gasteiger partial charge in [-0.05, 0) is 17.8 Å². The fourth-order valence-electron chi connectivity index (χ4n) is 0.784. The van der Waals surface area contributed by atoms with Gasteiger partial charge in [0, 0.05) is 17.2 Å². The molecular weight excluding hydrogens is 245 g/mol. The summed E-state index contributed by atoms with van der Waals surface area (Å²) in [5.41, 5.74) is 4.89. The lowest BCUT2D eigenvalue weighted by molar-refractivity contribution is -0.154. The number of pyridine rings is 1. The Morgan fingerprint density at radius 3 is 2.62 bits per heavy atom. The fraction of sp³-hybridized carbons (Fsp3) is 0.250. The number of carbonyl (C=O) groups is 1. The molecule has 1 amide bonds. The summed E-state index contributed by atoms with van der Waals surface area (Å²) in [5.74, 6) is -0.161. The molecule has 0 unspecified atom stereocenters. The van der Waals surface area contributed by atoms with E-state index in [1.165, 1.54) is 18.3 Å². The fourth-order valence-corrected chi connectivity index (χ4v) is 1.26. The molecule has 0 bridgehead atoms. The first kappa shape index (κ1) is 12.6. The van der Waals surface area contributed by atoms with Gasteiger partial charge < -0.3 is 10.5 Å². The van der Waals surface area contributed by atoms with E-state index in [9.17, 15) is 18.0 Å². The minimum absolute atomic E-state index is 0.161. The number of thioether (sulfide) groups is 1. The molecule has 0 saturated carbocycles. The molecule has 0 aromatic carbocycles. The normalized spacial score (nSPS) is 11.2. The molecule has 0 aliphatic heterocycles. The highest BCUT2D eigenvalue weighted by Crippen LogP contribution is 2.20. The Balaban J connectivity index is 2.55. The van der Waals surface area contributed by atoms with E-state index < -0.39 is 18.0 Å². The number of primary amides is 1. The monoisotopic (exact) mass is 252 g/mol. The molecule has 1 heterocycles. The first-order chi connectivity index (χ1) is 7.37. The molecule has 16 heavy (non-hydrogen) atoms. The maximum absolute atomic E-state index is 11.8. The molecular formula is C8H7F3N2O2S. The van der Waals surface area contributed by atoms with E-state index in [1.54, 1.807) is 0 Å². The van der Waals surface area contributed by atoms with Crippen LogP contribution in [-0.4, -0.2) is 23.0 Å². The van der Waals surface area contributed by atoms with Gasteiger partial charge in [0.25, 0.3) is 5.24 Å². The van der Waals surface area contributed by atoms with Crippen molar-refractivity contribution < 1.29 is 22.7 Å². The summed E-state index contributed by atoms with van der Waals surface area (Å²) in [6, 6.07) is 2.63. The van der Waals surface area contributed by atoms with Crippen LogP contribution in [0.2, 0.25) is 0 Å². The number of amides is 1. The summed E-state index contributed by atoms with van der Waals surface area (Å²) in [7, 11) is 0. The Labute approximate surface area is 93.0 Å². The van der Waals surface area contributed by atoms with Gasteiger partial charge in [0.05, 0.1) is 0 Å². The van der Waals surface area contributed by atoms with E-state index in [0.29, 0.717) is 4.90 Å². The predicted octanol–water partition coefficient (Wildman–Crippen LogP) is 2.19. The summed E-state index contributed by atoms with van der Waals surface area (Å²) in [4.78, 5) is 14.5. The number of hydrogen-bond acceptors (Lipinski definition) is 4. The van der Waals surface area contributed by atoms with Gasteiger partial charge in [-0.25, -0.2) is 4.98 Å². The van der Waals surface area contributed by atoms with Gasteiger partial charge >= 0.3 is 6.18 Å². The van der Waals surface area contributed by atoms with Gasteiger partial charge in [0.1, 0.15) is 0 Å². The predicted molar refractivity (Wildman–Crippen MR) is 51.2 cm³/mol. The summed E-state index contributed by atoms with van der Waals surface area (Å²) >= 11 is 0.729. The molecule has 0 aliphatic rings. The van der Waals surface area contributed by atoms with E-state index in [2.05, 4.69) is 9.72 Å². The summed E-state index contributed by atoms with van der Waals surface area (Å²) < 4.78 is 39.7. The van der Waals surface area contributed by atoms with Crippen molar-refractivity contribution >= 4 is 17.0 Å². The average molecular weight is 252 g/mol. The van der Waals surface area contributed by atoms with Gasteiger partial charge in [-0.15, -0.1) is 0 Å². The highest BCUT2D eigenvalue weighted by molar-refractivity contribution is 8.13. The van der Waals surface area contributed by atoms with Crippen molar-refractivity contribution in [2.75, 3.05) is 6.61 Å². The second-order valence-electron chi connectivity index (χ2n) is 2.66. The minimum atomic E-state index is -4.40. The SMILES string of the molecule is NC(=O)Sc1ccc(OCC(F)(F)F)nc1. The number of nitrogens with zero attached hydrogens (tertiary/aromatic N) is 1. The maximum Gasteiger partial charge on any atom is 0.422 e. The average Bonchev–Trinajstić information content (AvgIpc) is 2.14. The highest BCUT2D eigenvalue weighted by Gasteiger charge is 2.28. The molecule has 0 radical (unpaired) electrons. The summed E-state index contributed by atoms with van der Waals surface area (Å²) in [5, 5.41) is -0.620. The van der Waals surface area contributed by atoms with Crippen molar-refractivity contribution in [1.82, 2.24) is 4.98 Å². The summed E-state index contributed by atoms with van der Waals surface area (Å²) in [6.07, 6.45) is -3.19. The number of halogens is 3. The molecule has 0 aliphatic carbocycles. The lowest BCUT2D eigenvalue weighted by atomic mass is 10.5. The third kappa shape index (κ3) is 4.87. The van der Waals surface area contributed by atoms with E-state index >= 15 is 0 Å². The van der Waals surface area contributed by atoms with Crippen LogP contribution < -0.4 is 10.5 Å². The Morgan fingerprint density at radius 1 is 1.50 bits per heavy atom. The Hall–Kier alpha value is -1.44. The highest BCUT2D eigenvalue weighted by atomic mass is 32.2. The number of alkyl halides is 3. The van der Waals surface area contributed by atoms with Crippen molar-refractivity contribution in [3.63, 3.8) is 0 Å². The topological polar surface area (TPSA) is 65.2 Å². The quantitative estimate of drug-likeness (QED) is 0.837. The van der Waals surface area contributed by atoms with Crippen molar-refractivity contribution in [2.45, 2.75) is 11.1 Å². The molecule has 1 aromatic heterocycles. The second kappa shape index (κ2) is 5.06. The minimum Gasteiger partial charge on any atom is -0.468 e. The molecule has 8 heteroatoms. The zero-order valence-electron chi connectivity index (χ0n) is 7.82. The van der Waals surface area contributed by atoms with E-state index in [-0.39, 0.29) is 5.88 Å². The summed E-state index contributed by atoms with van der Waals surface area (Å²) in [6.45, 7) is -1.40. The number of rotatable bonds is 3. The van der Waals surface area contributed by atoms with Gasteiger partial charge in [0.2, 0.25) is 5.88 Å². The van der Waals surface area contributed by atoms with Crippen molar-refractivity contribution in [3.05, 3.63) is 18.3 Å². The van der Waals surface area contributed by atoms with Crippen LogP contribution in [0.1, 0.15) is 0 Å². The molecule has 1 aromatic rings. The van der Waals surface area contributed by atoms with Crippen LogP contribution in [0, 0.1) is 0 Å². The Morgan fingerprint density at radius 2 is 2.19 bits per heavy atom. The Bertz CT molecular complexity index is 367. The largest absolute Gasteiger partial charge is 0.468 e. The number of aromatic nitrogens is 1. The molecule has 0 saturated heterocycles. The zero-order valence-corrected chi connectivity index (χ0v) is 8.64. The van der Waals surface area contributed by atoms with Crippen LogP contribution in [0.15, 0.2) is 23.2 Å². The molecule has 1 rings (SSSR count). The zero-order chi connectivity index (χ0) is 12.2. The van der Waals surface area contributed by atoms with Crippen LogP contribution in [0.4, 0.5) is 18.0 Å². The van der Waals surface area contributed by atoms with E-state index in [1.807, 2.05) is 0 Å². The van der Waals surface area contributed by atoms with Gasteiger partial charge in [0.15, 0.2) is 6.61 Å². The molecule has 0 spiro atoms. The number of carbonyl (C=O) groups excluding carboxylic acids is 1. The van der Waals surface area contributed by atoms with Crippen molar-refractivity contribution in [2.24, 2.45) is 5.73 Å². The lowest BCUT2D eigenvalue weighted by Gasteiger charge is -2.07. The third-order valence-electron chi connectivity index (χ3n) is 1.31. The van der Waals surface area contributed by atoms with Crippen LogP contribution in [0.25, 0.3) is 0 Å². The molecule has 2 N–H and O–H groups in total. The van der Waals surface area contributed by atoms with E-state index in [4.69, 9.17) is 5.73 Å².